The minimum atomic E-state index is 0.363. The minimum absolute atomic E-state index is 0.363. The van der Waals surface area contributed by atoms with Crippen LogP contribution >= 0.6 is 0 Å². The van der Waals surface area contributed by atoms with Crippen molar-refractivity contribution in [2.75, 3.05) is 0 Å². The molecule has 4 rings (SSSR count). The SMILES string of the molecule is c1ccc(COc2nnc(-n3cccc3)c3ccccc23)nc1. The summed E-state index contributed by atoms with van der Waals surface area (Å²) in [5.41, 5.74) is 0.855. The quantitative estimate of drug-likeness (QED) is 0.580. The number of rotatable bonds is 4. The molecule has 0 unspecified atom stereocenters. The molecule has 0 radical (unpaired) electrons. The topological polar surface area (TPSA) is 52.8 Å². The second-order valence-electron chi connectivity index (χ2n) is 5.07. The Morgan fingerprint density at radius 3 is 2.39 bits per heavy atom. The lowest BCUT2D eigenvalue weighted by Gasteiger charge is -2.10. The molecule has 0 amide bonds. The van der Waals surface area contributed by atoms with Crippen molar-refractivity contribution in [1.82, 2.24) is 19.7 Å². The van der Waals surface area contributed by atoms with Gasteiger partial charge in [0.1, 0.15) is 6.61 Å². The molecule has 4 aromatic rings. The van der Waals surface area contributed by atoms with Crippen molar-refractivity contribution in [2.45, 2.75) is 6.61 Å². The highest BCUT2D eigenvalue weighted by Crippen LogP contribution is 2.27. The number of ether oxygens (including phenoxy) is 1. The molecule has 0 saturated heterocycles. The van der Waals surface area contributed by atoms with Gasteiger partial charge in [-0.3, -0.25) is 4.98 Å². The molecule has 3 heterocycles. The summed E-state index contributed by atoms with van der Waals surface area (Å²) in [5.74, 6) is 1.30. The Bertz CT molecular complexity index is 920. The van der Waals surface area contributed by atoms with Crippen LogP contribution in [0.3, 0.4) is 0 Å². The van der Waals surface area contributed by atoms with Crippen LogP contribution in [0, 0.1) is 0 Å². The molecule has 0 aliphatic carbocycles. The van der Waals surface area contributed by atoms with Gasteiger partial charge in [-0.1, -0.05) is 24.3 Å². The van der Waals surface area contributed by atoms with Gasteiger partial charge in [-0.2, -0.15) is 0 Å². The van der Waals surface area contributed by atoms with Gasteiger partial charge in [0.05, 0.1) is 5.69 Å². The van der Waals surface area contributed by atoms with E-state index in [0.717, 1.165) is 22.3 Å². The third-order valence-corrected chi connectivity index (χ3v) is 3.57. The lowest BCUT2D eigenvalue weighted by atomic mass is 10.2. The molecule has 5 nitrogen and oxygen atoms in total. The number of fused-ring (bicyclic) bond motifs is 1. The molecule has 0 N–H and O–H groups in total. The van der Waals surface area contributed by atoms with E-state index in [2.05, 4.69) is 15.2 Å². The van der Waals surface area contributed by atoms with Gasteiger partial charge in [0, 0.05) is 29.4 Å². The van der Waals surface area contributed by atoms with Gasteiger partial charge in [0.2, 0.25) is 5.88 Å². The van der Waals surface area contributed by atoms with Gasteiger partial charge in [0.25, 0.3) is 0 Å². The highest BCUT2D eigenvalue weighted by molar-refractivity contribution is 5.91. The van der Waals surface area contributed by atoms with Crippen molar-refractivity contribution in [3.63, 3.8) is 0 Å². The molecular weight excluding hydrogens is 288 g/mol. The monoisotopic (exact) mass is 302 g/mol. The van der Waals surface area contributed by atoms with E-state index in [9.17, 15) is 0 Å². The average molecular weight is 302 g/mol. The van der Waals surface area contributed by atoms with E-state index in [-0.39, 0.29) is 0 Å². The highest BCUT2D eigenvalue weighted by atomic mass is 16.5. The van der Waals surface area contributed by atoms with E-state index >= 15 is 0 Å². The van der Waals surface area contributed by atoms with Gasteiger partial charge in [-0.25, -0.2) is 0 Å². The maximum Gasteiger partial charge on any atom is 0.241 e. The summed E-state index contributed by atoms with van der Waals surface area (Å²) in [6.45, 7) is 0.363. The molecule has 0 bridgehead atoms. The zero-order valence-corrected chi connectivity index (χ0v) is 12.3. The Balaban J connectivity index is 1.73. The molecule has 3 aromatic heterocycles. The predicted octanol–water partition coefficient (Wildman–Crippen LogP) is 3.39. The molecular formula is C18H14N4O. The zero-order chi connectivity index (χ0) is 15.5. The molecule has 23 heavy (non-hydrogen) atoms. The minimum Gasteiger partial charge on any atom is -0.470 e. The summed E-state index contributed by atoms with van der Waals surface area (Å²) in [4.78, 5) is 4.25. The number of hydrogen-bond donors (Lipinski definition) is 0. The van der Waals surface area contributed by atoms with Gasteiger partial charge >= 0.3 is 0 Å². The summed E-state index contributed by atoms with van der Waals surface area (Å²) < 4.78 is 7.77. The van der Waals surface area contributed by atoms with E-state index in [4.69, 9.17) is 4.74 Å². The first-order valence-corrected chi connectivity index (χ1v) is 7.33. The third kappa shape index (κ3) is 2.64. The fourth-order valence-corrected chi connectivity index (χ4v) is 2.46. The maximum atomic E-state index is 5.83. The summed E-state index contributed by atoms with van der Waals surface area (Å²) in [5, 5.41) is 10.5. The van der Waals surface area contributed by atoms with Crippen LogP contribution in [0.1, 0.15) is 5.69 Å². The summed E-state index contributed by atoms with van der Waals surface area (Å²) in [7, 11) is 0. The maximum absolute atomic E-state index is 5.83. The number of aromatic nitrogens is 4. The number of pyridine rings is 1. The Morgan fingerprint density at radius 1 is 0.826 bits per heavy atom. The largest absolute Gasteiger partial charge is 0.470 e. The Morgan fingerprint density at radius 2 is 1.61 bits per heavy atom. The average Bonchev–Trinajstić information content (AvgIpc) is 3.15. The van der Waals surface area contributed by atoms with Crippen LogP contribution in [0.5, 0.6) is 5.88 Å². The van der Waals surface area contributed by atoms with Crippen molar-refractivity contribution in [3.05, 3.63) is 78.9 Å². The van der Waals surface area contributed by atoms with E-state index in [1.807, 2.05) is 71.6 Å². The Kier molecular flexibility index (Phi) is 3.44. The van der Waals surface area contributed by atoms with E-state index in [0.29, 0.717) is 12.5 Å². The van der Waals surface area contributed by atoms with Crippen molar-refractivity contribution in [1.29, 1.82) is 0 Å². The van der Waals surface area contributed by atoms with E-state index in [1.165, 1.54) is 0 Å². The summed E-state index contributed by atoms with van der Waals surface area (Å²) in [6, 6.07) is 17.6. The fourth-order valence-electron chi connectivity index (χ4n) is 2.46. The van der Waals surface area contributed by atoms with Crippen LogP contribution in [0.25, 0.3) is 16.6 Å². The van der Waals surface area contributed by atoms with Crippen LogP contribution in [0.15, 0.2) is 73.2 Å². The predicted molar refractivity (Wildman–Crippen MR) is 87.4 cm³/mol. The normalized spacial score (nSPS) is 10.8. The van der Waals surface area contributed by atoms with E-state index < -0.39 is 0 Å². The summed E-state index contributed by atoms with van der Waals surface area (Å²) in [6.07, 6.45) is 5.65. The third-order valence-electron chi connectivity index (χ3n) is 3.57. The van der Waals surface area contributed by atoms with Gasteiger partial charge < -0.3 is 9.30 Å². The highest BCUT2D eigenvalue weighted by Gasteiger charge is 2.11. The second kappa shape index (κ2) is 5.88. The first-order chi connectivity index (χ1) is 11.4. The van der Waals surface area contributed by atoms with E-state index in [1.54, 1.807) is 6.20 Å². The van der Waals surface area contributed by atoms with Crippen molar-refractivity contribution in [3.8, 4) is 11.7 Å². The lowest BCUT2D eigenvalue weighted by Crippen LogP contribution is -2.04. The molecule has 0 fully saturated rings. The number of benzene rings is 1. The first kappa shape index (κ1) is 13.5. The van der Waals surface area contributed by atoms with Crippen LogP contribution in [-0.2, 0) is 6.61 Å². The number of nitrogens with zero attached hydrogens (tertiary/aromatic N) is 4. The Labute approximate surface area is 133 Å². The molecule has 5 heteroatoms. The van der Waals surface area contributed by atoms with Crippen molar-refractivity contribution >= 4 is 10.8 Å². The van der Waals surface area contributed by atoms with Gasteiger partial charge in [0.15, 0.2) is 5.82 Å². The lowest BCUT2D eigenvalue weighted by molar-refractivity contribution is 0.290. The standard InChI is InChI=1S/C18H14N4O/c1-2-9-16-15(8-1)17(22-11-5-6-12-22)20-21-18(16)23-13-14-7-3-4-10-19-14/h1-12H,13H2. The summed E-state index contributed by atoms with van der Waals surface area (Å²) >= 11 is 0. The first-order valence-electron chi connectivity index (χ1n) is 7.33. The fraction of sp³-hybridized carbons (Fsp3) is 0.0556. The van der Waals surface area contributed by atoms with Gasteiger partial charge in [-0.15, -0.1) is 10.2 Å². The molecule has 0 aliphatic rings. The molecule has 112 valence electrons. The van der Waals surface area contributed by atoms with Crippen molar-refractivity contribution in [2.24, 2.45) is 0 Å². The smallest absolute Gasteiger partial charge is 0.241 e. The second-order valence-corrected chi connectivity index (χ2v) is 5.07. The van der Waals surface area contributed by atoms with Gasteiger partial charge in [-0.05, 0) is 30.3 Å². The molecule has 1 aromatic carbocycles. The van der Waals surface area contributed by atoms with Crippen molar-refractivity contribution < 1.29 is 4.74 Å². The molecule has 0 spiro atoms. The van der Waals surface area contributed by atoms with Crippen LogP contribution < -0.4 is 4.74 Å². The van der Waals surface area contributed by atoms with Crippen LogP contribution in [0.2, 0.25) is 0 Å². The zero-order valence-electron chi connectivity index (χ0n) is 12.3. The molecule has 0 saturated carbocycles. The van der Waals surface area contributed by atoms with Crippen LogP contribution in [0.4, 0.5) is 0 Å². The Hall–Kier alpha value is -3.21. The van der Waals surface area contributed by atoms with Crippen LogP contribution in [-0.4, -0.2) is 19.7 Å². The molecule has 0 atom stereocenters. The molecule has 0 aliphatic heterocycles. The number of hydrogen-bond acceptors (Lipinski definition) is 4.